The third-order valence-corrected chi connectivity index (χ3v) is 2.94. The lowest BCUT2D eigenvalue weighted by Crippen LogP contribution is -2.39. The molecule has 1 rings (SSSR count). The van der Waals surface area contributed by atoms with Crippen molar-refractivity contribution in [3.8, 4) is 0 Å². The van der Waals surface area contributed by atoms with E-state index in [0.29, 0.717) is 0 Å². The Morgan fingerprint density at radius 3 is 1.83 bits per heavy atom. The van der Waals surface area contributed by atoms with Gasteiger partial charge in [0, 0.05) is 5.54 Å². The maximum Gasteiger partial charge on any atom is 0.109 e. The number of alkyl halides is 1. The van der Waals surface area contributed by atoms with Crippen LogP contribution in [0.2, 0.25) is 0 Å². The lowest BCUT2D eigenvalue weighted by molar-refractivity contribution is 0.306. The highest BCUT2D eigenvalue weighted by molar-refractivity contribution is 5.29. The minimum atomic E-state index is -0.383. The summed E-state index contributed by atoms with van der Waals surface area (Å²) in [5.41, 5.74) is 2.35. The molecule has 1 unspecified atom stereocenters. The maximum atomic E-state index is 13.1. The van der Waals surface area contributed by atoms with Gasteiger partial charge in [-0.15, -0.1) is 0 Å². The van der Waals surface area contributed by atoms with Gasteiger partial charge in [0.15, 0.2) is 0 Å². The fourth-order valence-electron chi connectivity index (χ4n) is 1.95. The fraction of sp³-hybridized carbons (Fsp3) is 0.625. The number of nitrogens with one attached hydrogen (secondary N) is 1. The van der Waals surface area contributed by atoms with E-state index >= 15 is 0 Å². The summed E-state index contributed by atoms with van der Waals surface area (Å²) in [6.07, 6.45) is 0. The second-order valence-electron chi connectivity index (χ2n) is 6.97. The van der Waals surface area contributed by atoms with Gasteiger partial charge in [0.05, 0.1) is 6.04 Å². The van der Waals surface area contributed by atoms with Crippen molar-refractivity contribution >= 4 is 0 Å². The van der Waals surface area contributed by atoms with E-state index in [1.54, 1.807) is 0 Å². The topological polar surface area (TPSA) is 12.0 Å². The van der Waals surface area contributed by atoms with Crippen molar-refractivity contribution < 1.29 is 4.39 Å². The molecule has 0 aliphatic carbocycles. The van der Waals surface area contributed by atoms with Gasteiger partial charge < -0.3 is 5.32 Å². The number of hydrogen-bond donors (Lipinski definition) is 1. The zero-order chi connectivity index (χ0) is 14.0. The molecule has 0 aliphatic rings. The summed E-state index contributed by atoms with van der Waals surface area (Å²) in [5.74, 6) is 0. The second kappa shape index (κ2) is 5.40. The molecule has 1 atom stereocenters. The standard InChI is InChI=1S/C16H26FN/c1-15(2,3)13-9-7-12(8-10-13)14(11-17)18-16(4,5)6/h7-10,14,18H,11H2,1-6H3. The molecule has 0 heterocycles. The summed E-state index contributed by atoms with van der Waals surface area (Å²) in [5, 5.41) is 3.31. The molecule has 1 aromatic carbocycles. The summed E-state index contributed by atoms with van der Waals surface area (Å²) < 4.78 is 13.1. The molecule has 1 N–H and O–H groups in total. The highest BCUT2D eigenvalue weighted by Crippen LogP contribution is 2.25. The predicted molar refractivity (Wildman–Crippen MR) is 76.7 cm³/mol. The largest absolute Gasteiger partial charge is 0.303 e. The van der Waals surface area contributed by atoms with Gasteiger partial charge in [-0.3, -0.25) is 0 Å². The molecule has 102 valence electrons. The second-order valence-corrected chi connectivity index (χ2v) is 6.97. The summed E-state index contributed by atoms with van der Waals surface area (Å²) in [4.78, 5) is 0. The van der Waals surface area contributed by atoms with Crippen LogP contribution in [0.15, 0.2) is 24.3 Å². The molecule has 0 fully saturated rings. The molecule has 0 saturated heterocycles. The monoisotopic (exact) mass is 251 g/mol. The number of benzene rings is 1. The predicted octanol–water partition coefficient (Wildman–Crippen LogP) is 4.38. The van der Waals surface area contributed by atoms with Gasteiger partial charge in [-0.05, 0) is 37.3 Å². The minimum Gasteiger partial charge on any atom is -0.303 e. The third kappa shape index (κ3) is 4.41. The van der Waals surface area contributed by atoms with E-state index in [4.69, 9.17) is 0 Å². The molecule has 1 aromatic rings. The first kappa shape index (κ1) is 15.2. The first-order chi connectivity index (χ1) is 8.13. The maximum absolute atomic E-state index is 13.1. The van der Waals surface area contributed by atoms with Crippen molar-refractivity contribution in [3.05, 3.63) is 35.4 Å². The summed E-state index contributed by atoms with van der Waals surface area (Å²) in [6.45, 7) is 12.3. The van der Waals surface area contributed by atoms with E-state index in [0.717, 1.165) is 5.56 Å². The molecule has 1 nitrogen and oxygen atoms in total. The van der Waals surface area contributed by atoms with E-state index in [1.165, 1.54) is 5.56 Å². The van der Waals surface area contributed by atoms with Gasteiger partial charge >= 0.3 is 0 Å². The average molecular weight is 251 g/mol. The highest BCUT2D eigenvalue weighted by Gasteiger charge is 2.19. The van der Waals surface area contributed by atoms with Crippen molar-refractivity contribution in [2.45, 2.75) is 58.5 Å². The number of halogens is 1. The summed E-state index contributed by atoms with van der Waals surface area (Å²) in [7, 11) is 0. The van der Waals surface area contributed by atoms with E-state index in [1.807, 2.05) is 12.1 Å². The van der Waals surface area contributed by atoms with Crippen molar-refractivity contribution in [2.24, 2.45) is 0 Å². The first-order valence-electron chi connectivity index (χ1n) is 6.57. The quantitative estimate of drug-likeness (QED) is 0.840. The van der Waals surface area contributed by atoms with Crippen LogP contribution in [0, 0.1) is 0 Å². The Morgan fingerprint density at radius 1 is 1.00 bits per heavy atom. The van der Waals surface area contributed by atoms with Gasteiger partial charge in [0.25, 0.3) is 0 Å². The smallest absolute Gasteiger partial charge is 0.109 e. The van der Waals surface area contributed by atoms with Crippen LogP contribution in [-0.4, -0.2) is 12.2 Å². The van der Waals surface area contributed by atoms with Crippen LogP contribution >= 0.6 is 0 Å². The van der Waals surface area contributed by atoms with Crippen molar-refractivity contribution in [1.82, 2.24) is 5.32 Å². The molecule has 2 heteroatoms. The molecule has 0 amide bonds. The Labute approximate surface area is 111 Å². The fourth-order valence-corrected chi connectivity index (χ4v) is 1.95. The molecule has 0 spiro atoms. The van der Waals surface area contributed by atoms with Gasteiger partial charge in [0.2, 0.25) is 0 Å². The Morgan fingerprint density at radius 2 is 1.50 bits per heavy atom. The zero-order valence-corrected chi connectivity index (χ0v) is 12.5. The third-order valence-electron chi connectivity index (χ3n) is 2.94. The molecule has 0 radical (unpaired) electrons. The van der Waals surface area contributed by atoms with Crippen LogP contribution in [0.5, 0.6) is 0 Å². The van der Waals surface area contributed by atoms with Crippen LogP contribution in [0.3, 0.4) is 0 Å². The van der Waals surface area contributed by atoms with Gasteiger partial charge in [-0.25, -0.2) is 4.39 Å². The number of hydrogen-bond acceptors (Lipinski definition) is 1. The summed E-state index contributed by atoms with van der Waals surface area (Å²) >= 11 is 0. The van der Waals surface area contributed by atoms with Crippen molar-refractivity contribution in [1.29, 1.82) is 0 Å². The Balaban J connectivity index is 2.89. The first-order valence-corrected chi connectivity index (χ1v) is 6.57. The Bertz CT molecular complexity index is 368. The van der Waals surface area contributed by atoms with Gasteiger partial charge in [-0.1, -0.05) is 45.0 Å². The molecule has 0 aromatic heterocycles. The van der Waals surface area contributed by atoms with Crippen LogP contribution < -0.4 is 5.32 Å². The molecule has 0 aliphatic heterocycles. The highest BCUT2D eigenvalue weighted by atomic mass is 19.1. The lowest BCUT2D eigenvalue weighted by Gasteiger charge is -2.28. The van der Waals surface area contributed by atoms with Crippen molar-refractivity contribution in [3.63, 3.8) is 0 Å². The van der Waals surface area contributed by atoms with Gasteiger partial charge in [0.1, 0.15) is 6.67 Å². The van der Waals surface area contributed by atoms with Crippen LogP contribution in [0.1, 0.15) is 58.7 Å². The normalized spacial score (nSPS) is 14.6. The van der Waals surface area contributed by atoms with Crippen molar-refractivity contribution in [2.75, 3.05) is 6.67 Å². The number of rotatable bonds is 3. The van der Waals surface area contributed by atoms with Crippen LogP contribution in [0.25, 0.3) is 0 Å². The van der Waals surface area contributed by atoms with E-state index < -0.39 is 0 Å². The Hall–Kier alpha value is -0.890. The minimum absolute atomic E-state index is 0.0839. The molecular formula is C16H26FN. The summed E-state index contributed by atoms with van der Waals surface area (Å²) in [6, 6.07) is 8.04. The zero-order valence-electron chi connectivity index (χ0n) is 12.5. The lowest BCUT2D eigenvalue weighted by atomic mass is 9.86. The van der Waals surface area contributed by atoms with Crippen LogP contribution in [-0.2, 0) is 5.41 Å². The molecular weight excluding hydrogens is 225 g/mol. The van der Waals surface area contributed by atoms with Gasteiger partial charge in [-0.2, -0.15) is 0 Å². The molecule has 0 bridgehead atoms. The average Bonchev–Trinajstić information content (AvgIpc) is 2.24. The van der Waals surface area contributed by atoms with E-state index in [-0.39, 0.29) is 23.7 Å². The van der Waals surface area contributed by atoms with E-state index in [2.05, 4.69) is 59.0 Å². The van der Waals surface area contributed by atoms with E-state index in [9.17, 15) is 4.39 Å². The Kier molecular flexibility index (Phi) is 4.55. The molecule has 18 heavy (non-hydrogen) atoms. The SMILES string of the molecule is CC(C)(C)NC(CF)c1ccc(C(C)(C)C)cc1. The van der Waals surface area contributed by atoms with Crippen LogP contribution in [0.4, 0.5) is 4.39 Å². The molecule has 0 saturated carbocycles.